The molecule has 2 aromatic carbocycles. The standard InChI is InChI=1S/C47H73ClFN11O11S2/c1-32(38-9-8-37(65-3)27-40(38)49)51-43(62)41(73-44-39(48)28-50-45(63)54-44)10-16-66-18-20-68-21-19-67-17-15-60-29-35(56-57-60)30-70-23-22-69-24-25-71-36-6-4-33(5-7-36)52-46(64)55-47-53-34(31-72-47)26-42(61)59-13-11-58(2)12-14-59/h4-9,27,32,34-35,39,41,44,47,53,56-57H,10-26,28-31H2,1-3H3,(H,51,62)(H2,50,54,63)(H2,52,55,64)/t32-,34?,35?,39?,41-,44?,47?/m1/s1. The van der Waals surface area contributed by atoms with Gasteiger partial charge in [-0.1, -0.05) is 6.07 Å². The molecule has 0 saturated carbocycles. The van der Waals surface area contributed by atoms with Gasteiger partial charge in [-0.15, -0.1) is 35.1 Å². The highest BCUT2D eigenvalue weighted by Crippen LogP contribution is 2.28. The Kier molecular flexibility index (Phi) is 25.4. The third-order valence-electron chi connectivity index (χ3n) is 12.0. The van der Waals surface area contributed by atoms with E-state index in [0.717, 1.165) is 38.5 Å². The molecule has 6 rings (SSSR count). The first kappa shape index (κ1) is 58.3. The fourth-order valence-electron chi connectivity index (χ4n) is 7.89. The Morgan fingerprint density at radius 1 is 0.890 bits per heavy atom. The summed E-state index contributed by atoms with van der Waals surface area (Å²) >= 11 is 9.27. The molecule has 4 aliphatic rings. The number of halogens is 2. The smallest absolute Gasteiger partial charge is 0.321 e. The van der Waals surface area contributed by atoms with Crippen molar-refractivity contribution in [3.8, 4) is 11.5 Å². The highest BCUT2D eigenvalue weighted by atomic mass is 35.5. The number of carbonyl (C=O) groups excluding carboxylic acids is 4. The van der Waals surface area contributed by atoms with E-state index in [1.165, 1.54) is 24.9 Å². The summed E-state index contributed by atoms with van der Waals surface area (Å²) in [5.74, 6) is 1.12. The van der Waals surface area contributed by atoms with Crippen molar-refractivity contribution >= 4 is 64.7 Å². The molecule has 0 aliphatic carbocycles. The molecule has 0 bridgehead atoms. The number of urea groups is 2. The minimum absolute atomic E-state index is 0.0179. The average molecular weight is 1090 g/mol. The second kappa shape index (κ2) is 31.8. The number of hydrogen-bond donors (Lipinski definition) is 8. The number of thioether (sulfide) groups is 2. The molecule has 73 heavy (non-hydrogen) atoms. The van der Waals surface area contributed by atoms with E-state index >= 15 is 0 Å². The van der Waals surface area contributed by atoms with E-state index in [9.17, 15) is 23.6 Å². The Balaban J connectivity index is 0.720. The zero-order valence-electron chi connectivity index (χ0n) is 41.8. The van der Waals surface area contributed by atoms with Gasteiger partial charge in [0.1, 0.15) is 29.4 Å². The van der Waals surface area contributed by atoms with Crippen molar-refractivity contribution in [1.82, 2.24) is 52.4 Å². The summed E-state index contributed by atoms with van der Waals surface area (Å²) < 4.78 is 54.2. The van der Waals surface area contributed by atoms with Gasteiger partial charge < -0.3 is 69.5 Å². The number of methoxy groups -OCH3 is 1. The molecule has 22 nitrogen and oxygen atoms in total. The van der Waals surface area contributed by atoms with Crippen molar-refractivity contribution in [3.05, 3.63) is 53.8 Å². The maximum absolute atomic E-state index is 14.7. The van der Waals surface area contributed by atoms with Crippen LogP contribution in [0.15, 0.2) is 42.5 Å². The molecule has 4 aliphatic heterocycles. The normalized spacial score (nSPS) is 22.3. The molecular weight excluding hydrogens is 1010 g/mol. The summed E-state index contributed by atoms with van der Waals surface area (Å²) in [4.78, 5) is 54.9. The van der Waals surface area contributed by atoms with E-state index in [2.05, 4.69) is 54.8 Å². The van der Waals surface area contributed by atoms with Crippen LogP contribution in [0, 0.1) is 5.82 Å². The van der Waals surface area contributed by atoms with Crippen LogP contribution < -0.4 is 52.3 Å². The molecule has 2 aromatic rings. The Labute approximate surface area is 440 Å². The molecular formula is C47H73ClFN11O11S2. The van der Waals surface area contributed by atoms with Crippen LogP contribution in [0.5, 0.6) is 11.5 Å². The largest absolute Gasteiger partial charge is 0.497 e. The molecule has 5 unspecified atom stereocenters. The van der Waals surface area contributed by atoms with Crippen molar-refractivity contribution in [2.45, 2.75) is 59.4 Å². The van der Waals surface area contributed by atoms with E-state index in [-0.39, 0.29) is 54.6 Å². The van der Waals surface area contributed by atoms with Gasteiger partial charge in [-0.3, -0.25) is 14.9 Å². The molecule has 0 radical (unpaired) electrons. The van der Waals surface area contributed by atoms with Gasteiger partial charge in [0.2, 0.25) is 11.8 Å². The third-order valence-corrected chi connectivity index (χ3v) is 15.3. The maximum Gasteiger partial charge on any atom is 0.321 e. The van der Waals surface area contributed by atoms with Crippen LogP contribution in [0.4, 0.5) is 19.7 Å². The number of amides is 6. The lowest BCUT2D eigenvalue weighted by Crippen LogP contribution is -2.55. The fourth-order valence-corrected chi connectivity index (χ4v) is 10.5. The van der Waals surface area contributed by atoms with Crippen molar-refractivity contribution in [2.24, 2.45) is 0 Å². The van der Waals surface area contributed by atoms with E-state index in [1.807, 2.05) is 9.91 Å². The minimum atomic E-state index is -0.636. The zero-order chi connectivity index (χ0) is 51.8. The lowest BCUT2D eigenvalue weighted by molar-refractivity contribution is -0.133. The van der Waals surface area contributed by atoms with Gasteiger partial charge in [0.15, 0.2) is 0 Å². The summed E-state index contributed by atoms with van der Waals surface area (Å²) in [5.41, 5.74) is 7.04. The Hall–Kier alpha value is -3.96. The molecule has 0 aromatic heterocycles. The first-order valence-corrected chi connectivity index (χ1v) is 27.1. The van der Waals surface area contributed by atoms with Gasteiger partial charge in [-0.25, -0.2) is 24.4 Å². The van der Waals surface area contributed by atoms with Gasteiger partial charge in [0, 0.05) is 88.0 Å². The lowest BCUT2D eigenvalue weighted by atomic mass is 10.1. The molecule has 8 N–H and O–H groups in total. The Morgan fingerprint density at radius 2 is 1.58 bits per heavy atom. The number of alkyl halides is 1. The summed E-state index contributed by atoms with van der Waals surface area (Å²) in [6, 6.07) is 10.4. The van der Waals surface area contributed by atoms with Gasteiger partial charge in [0.05, 0.1) is 94.7 Å². The van der Waals surface area contributed by atoms with E-state index in [4.69, 9.17) is 44.8 Å². The molecule has 26 heteroatoms. The quantitative estimate of drug-likeness (QED) is 0.0398. The SMILES string of the molecule is COc1ccc([C@@H](C)NC(=O)[C@@H](CCOCCOCCOCCN2CC(COCCOCCOc3ccc(NC(=O)NC4NC(CC(=O)N5CCN(C)CC5)CS4)cc3)NN2)SC2NC(=O)NCC2Cl)c(F)c1. The van der Waals surface area contributed by atoms with E-state index in [1.54, 1.807) is 55.1 Å². The van der Waals surface area contributed by atoms with Crippen LogP contribution in [0.25, 0.3) is 0 Å². The highest BCUT2D eigenvalue weighted by Gasteiger charge is 2.34. The van der Waals surface area contributed by atoms with Gasteiger partial charge in [-0.2, -0.15) is 5.53 Å². The number of benzene rings is 2. The number of nitrogens with one attached hydrogen (secondary N) is 8. The van der Waals surface area contributed by atoms with Crippen molar-refractivity contribution in [1.29, 1.82) is 0 Å². The molecule has 4 fully saturated rings. The fraction of sp³-hybridized carbons (Fsp3) is 0.660. The van der Waals surface area contributed by atoms with Crippen molar-refractivity contribution in [2.75, 3.05) is 144 Å². The number of anilines is 1. The number of hydrogen-bond acceptors (Lipinski definition) is 18. The predicted octanol–water partition coefficient (Wildman–Crippen LogP) is 1.88. The lowest BCUT2D eigenvalue weighted by Gasteiger charge is -2.33. The van der Waals surface area contributed by atoms with Crippen LogP contribution in [-0.2, 0) is 33.3 Å². The molecule has 4 heterocycles. The topological polar surface area (TPSA) is 239 Å². The zero-order valence-corrected chi connectivity index (χ0v) is 44.2. The van der Waals surface area contributed by atoms with Gasteiger partial charge >= 0.3 is 12.1 Å². The van der Waals surface area contributed by atoms with Crippen LogP contribution in [-0.4, -0.2) is 211 Å². The van der Waals surface area contributed by atoms with Crippen LogP contribution in [0.3, 0.4) is 0 Å². The third kappa shape index (κ3) is 20.9. The van der Waals surface area contributed by atoms with Crippen LogP contribution in [0.1, 0.15) is 31.4 Å². The van der Waals surface area contributed by atoms with E-state index in [0.29, 0.717) is 108 Å². The monoisotopic (exact) mass is 1090 g/mol. The first-order valence-electron chi connectivity index (χ1n) is 24.7. The summed E-state index contributed by atoms with van der Waals surface area (Å²) in [5, 5.41) is 17.8. The average Bonchev–Trinajstić information content (AvgIpc) is 4.03. The summed E-state index contributed by atoms with van der Waals surface area (Å²) in [6.45, 7) is 11.0. The van der Waals surface area contributed by atoms with Crippen LogP contribution in [0.2, 0.25) is 0 Å². The summed E-state index contributed by atoms with van der Waals surface area (Å²) in [6.07, 6.45) is 0.748. The predicted molar refractivity (Wildman–Crippen MR) is 277 cm³/mol. The number of carbonyl (C=O) groups is 4. The Bertz CT molecular complexity index is 2010. The molecule has 408 valence electrons. The number of piperazine rings is 1. The number of rotatable bonds is 31. The number of hydrazine groups is 2. The summed E-state index contributed by atoms with van der Waals surface area (Å²) in [7, 11) is 3.52. The first-order chi connectivity index (χ1) is 35.4. The number of nitrogens with zero attached hydrogens (tertiary/aromatic N) is 3. The second-order valence-corrected chi connectivity index (χ2v) is 20.7. The molecule has 0 spiro atoms. The molecule has 7 atom stereocenters. The number of likely N-dealkylation sites (N-methyl/N-ethyl adjacent to an activating group) is 1. The highest BCUT2D eigenvalue weighted by molar-refractivity contribution is 8.01. The minimum Gasteiger partial charge on any atom is -0.497 e. The van der Waals surface area contributed by atoms with Crippen molar-refractivity contribution in [3.63, 3.8) is 0 Å². The molecule has 4 saturated heterocycles. The van der Waals surface area contributed by atoms with Gasteiger partial charge in [0.25, 0.3) is 0 Å². The molecule has 6 amide bonds. The second-order valence-electron chi connectivity index (χ2n) is 17.7. The van der Waals surface area contributed by atoms with Crippen molar-refractivity contribution < 1.29 is 56.7 Å². The maximum atomic E-state index is 14.7. The Morgan fingerprint density at radius 3 is 2.30 bits per heavy atom. The van der Waals surface area contributed by atoms with Crippen LogP contribution >= 0.6 is 35.1 Å². The number of ether oxygens (including phenoxy) is 7. The van der Waals surface area contributed by atoms with Gasteiger partial charge in [-0.05, 0) is 50.7 Å². The van der Waals surface area contributed by atoms with E-state index < -0.39 is 27.9 Å².